The molecule has 1 spiro atoms. The van der Waals surface area contributed by atoms with Crippen molar-refractivity contribution < 1.29 is 9.53 Å². The number of hydrogen-bond donors (Lipinski definition) is 0. The molecule has 5 aliphatic carbocycles. The Morgan fingerprint density at radius 3 is 2.66 bits per heavy atom. The molecule has 0 N–H and O–H groups in total. The number of allylic oxidation sites excluding steroid dienone is 3. The summed E-state index contributed by atoms with van der Waals surface area (Å²) in [4.78, 5) is 12.6. The highest BCUT2D eigenvalue weighted by Crippen LogP contribution is 2.72. The monoisotopic (exact) mass is 388 g/mol. The van der Waals surface area contributed by atoms with E-state index in [4.69, 9.17) is 4.74 Å². The SMILES string of the molecule is Cc1ccc(C(=O)O[C@H]2CC[C@@]3(C)C(=CCC4C3CC[C@]35C=C3CCC45)C2)cc1. The summed E-state index contributed by atoms with van der Waals surface area (Å²) in [5.74, 6) is 2.47. The van der Waals surface area contributed by atoms with E-state index in [1.807, 2.05) is 31.2 Å². The first-order chi connectivity index (χ1) is 14.0. The Labute approximate surface area is 174 Å². The Bertz CT molecular complexity index is 922. The molecule has 0 amide bonds. The van der Waals surface area contributed by atoms with E-state index >= 15 is 0 Å². The molecule has 5 aliphatic rings. The molecule has 3 unspecified atom stereocenters. The van der Waals surface area contributed by atoms with Crippen LogP contribution in [0.5, 0.6) is 0 Å². The molecule has 0 saturated heterocycles. The second-order valence-corrected chi connectivity index (χ2v) is 10.7. The van der Waals surface area contributed by atoms with Crippen LogP contribution in [0.1, 0.15) is 74.2 Å². The fourth-order valence-electron chi connectivity index (χ4n) is 7.75. The van der Waals surface area contributed by atoms with Crippen molar-refractivity contribution in [1.82, 2.24) is 0 Å². The third-order valence-corrected chi connectivity index (χ3v) is 9.42. The Kier molecular flexibility index (Phi) is 3.78. The number of aryl methyl sites for hydroxylation is 1. The normalized spacial score (nSPS) is 41.9. The van der Waals surface area contributed by atoms with E-state index in [1.165, 1.54) is 44.1 Å². The minimum Gasteiger partial charge on any atom is -0.458 e. The van der Waals surface area contributed by atoms with E-state index in [0.717, 1.165) is 30.6 Å². The number of esters is 1. The topological polar surface area (TPSA) is 26.3 Å². The standard InChI is InChI=1S/C27H32O2/c1-17-3-5-18(6-4-17)25(28)29-21-11-13-26(2)19(15-21)7-9-22-23(26)12-14-27-16-20(27)8-10-24(22)27/h3-7,16,21-24H,8-15H2,1-2H3/t21-,22?,23?,24?,26-,27-/m0/s1. The Balaban J connectivity index is 1.18. The second-order valence-electron chi connectivity index (χ2n) is 10.7. The van der Waals surface area contributed by atoms with Crippen LogP contribution in [0.3, 0.4) is 0 Å². The Hall–Kier alpha value is -1.83. The summed E-state index contributed by atoms with van der Waals surface area (Å²) in [6.45, 7) is 4.57. The third kappa shape index (κ3) is 2.57. The van der Waals surface area contributed by atoms with Gasteiger partial charge in [-0.25, -0.2) is 4.79 Å². The minimum absolute atomic E-state index is 0.0396. The van der Waals surface area contributed by atoms with Crippen LogP contribution in [0.25, 0.3) is 0 Å². The minimum atomic E-state index is -0.161. The van der Waals surface area contributed by atoms with Crippen molar-refractivity contribution >= 4 is 5.97 Å². The highest BCUT2D eigenvalue weighted by Gasteiger charge is 2.62. The molecule has 3 fully saturated rings. The van der Waals surface area contributed by atoms with Crippen molar-refractivity contribution in [3.63, 3.8) is 0 Å². The fraction of sp³-hybridized carbons (Fsp3) is 0.593. The van der Waals surface area contributed by atoms with Crippen LogP contribution in [0, 0.1) is 35.5 Å². The Morgan fingerprint density at radius 1 is 1.03 bits per heavy atom. The lowest BCUT2D eigenvalue weighted by Crippen LogP contribution is -2.48. The zero-order valence-electron chi connectivity index (χ0n) is 17.7. The smallest absolute Gasteiger partial charge is 0.338 e. The highest BCUT2D eigenvalue weighted by molar-refractivity contribution is 5.89. The summed E-state index contributed by atoms with van der Waals surface area (Å²) in [5, 5.41) is 0. The van der Waals surface area contributed by atoms with Crippen LogP contribution < -0.4 is 0 Å². The van der Waals surface area contributed by atoms with Gasteiger partial charge < -0.3 is 4.74 Å². The molecule has 0 radical (unpaired) electrons. The number of benzene rings is 1. The van der Waals surface area contributed by atoms with Crippen LogP contribution in [-0.2, 0) is 4.74 Å². The molecule has 1 aromatic carbocycles. The number of ether oxygens (including phenoxy) is 1. The molecule has 29 heavy (non-hydrogen) atoms. The lowest BCUT2D eigenvalue weighted by molar-refractivity contribution is -0.0215. The second kappa shape index (κ2) is 6.09. The van der Waals surface area contributed by atoms with Crippen molar-refractivity contribution in [2.45, 2.75) is 71.3 Å². The van der Waals surface area contributed by atoms with Gasteiger partial charge >= 0.3 is 5.97 Å². The van der Waals surface area contributed by atoms with Crippen LogP contribution in [0.2, 0.25) is 0 Å². The van der Waals surface area contributed by atoms with Gasteiger partial charge in [-0.15, -0.1) is 0 Å². The van der Waals surface area contributed by atoms with Gasteiger partial charge in [-0.05, 0) is 87.2 Å². The van der Waals surface area contributed by atoms with Gasteiger partial charge in [0, 0.05) is 11.8 Å². The van der Waals surface area contributed by atoms with E-state index < -0.39 is 0 Å². The molecule has 0 bridgehead atoms. The maximum atomic E-state index is 12.6. The summed E-state index contributed by atoms with van der Waals surface area (Å²) < 4.78 is 5.95. The predicted octanol–water partition coefficient (Wildman–Crippen LogP) is 6.40. The molecule has 152 valence electrons. The maximum Gasteiger partial charge on any atom is 0.338 e. The van der Waals surface area contributed by atoms with Crippen LogP contribution in [-0.4, -0.2) is 12.1 Å². The van der Waals surface area contributed by atoms with Crippen molar-refractivity contribution in [2.75, 3.05) is 0 Å². The summed E-state index contributed by atoms with van der Waals surface area (Å²) in [5.41, 5.74) is 6.13. The quantitative estimate of drug-likeness (QED) is 0.433. The van der Waals surface area contributed by atoms with Crippen LogP contribution >= 0.6 is 0 Å². The third-order valence-electron chi connectivity index (χ3n) is 9.42. The molecule has 2 nitrogen and oxygen atoms in total. The molecule has 0 aromatic heterocycles. The lowest BCUT2D eigenvalue weighted by atomic mass is 9.49. The molecule has 2 heteroatoms. The number of hydrogen-bond acceptors (Lipinski definition) is 2. The first-order valence-corrected chi connectivity index (χ1v) is 11.7. The van der Waals surface area contributed by atoms with Crippen molar-refractivity contribution in [1.29, 1.82) is 0 Å². The van der Waals surface area contributed by atoms with Crippen molar-refractivity contribution in [3.8, 4) is 0 Å². The summed E-state index contributed by atoms with van der Waals surface area (Å²) in [6, 6.07) is 7.73. The van der Waals surface area contributed by atoms with Gasteiger partial charge in [0.05, 0.1) is 5.56 Å². The molecule has 0 heterocycles. The summed E-state index contributed by atoms with van der Waals surface area (Å²) in [7, 11) is 0. The number of fused-ring (bicyclic) bond motifs is 4. The Morgan fingerprint density at radius 2 is 1.86 bits per heavy atom. The zero-order chi connectivity index (χ0) is 19.8. The van der Waals surface area contributed by atoms with Gasteiger partial charge in [-0.1, -0.05) is 47.9 Å². The maximum absolute atomic E-state index is 12.6. The molecule has 6 rings (SSSR count). The predicted molar refractivity (Wildman–Crippen MR) is 114 cm³/mol. The van der Waals surface area contributed by atoms with Crippen molar-refractivity contribution in [2.24, 2.45) is 28.6 Å². The van der Waals surface area contributed by atoms with E-state index in [0.29, 0.717) is 16.4 Å². The average molecular weight is 389 g/mol. The van der Waals surface area contributed by atoms with Gasteiger partial charge in [0.1, 0.15) is 6.10 Å². The summed E-state index contributed by atoms with van der Waals surface area (Å²) >= 11 is 0. The molecule has 1 aromatic rings. The molecular formula is C27H32O2. The average Bonchev–Trinajstić information content (AvgIpc) is 3.29. The summed E-state index contributed by atoms with van der Waals surface area (Å²) in [6.07, 6.45) is 15.2. The number of carbonyl (C=O) groups is 1. The van der Waals surface area contributed by atoms with E-state index in [2.05, 4.69) is 19.1 Å². The highest BCUT2D eigenvalue weighted by atomic mass is 16.5. The van der Waals surface area contributed by atoms with Crippen molar-refractivity contribution in [3.05, 3.63) is 58.7 Å². The first-order valence-electron chi connectivity index (χ1n) is 11.7. The largest absolute Gasteiger partial charge is 0.458 e. The first kappa shape index (κ1) is 18.0. The van der Waals surface area contributed by atoms with E-state index in [1.54, 1.807) is 11.1 Å². The molecular weight excluding hydrogens is 356 g/mol. The lowest BCUT2D eigenvalue weighted by Gasteiger charge is -2.56. The molecule has 3 saturated carbocycles. The zero-order valence-corrected chi connectivity index (χ0v) is 17.7. The van der Waals surface area contributed by atoms with E-state index in [9.17, 15) is 4.79 Å². The molecule has 6 atom stereocenters. The number of rotatable bonds is 2. The fourth-order valence-corrected chi connectivity index (χ4v) is 7.75. The van der Waals surface area contributed by atoms with Crippen LogP contribution in [0.4, 0.5) is 0 Å². The van der Waals surface area contributed by atoms with E-state index in [-0.39, 0.29) is 12.1 Å². The van der Waals surface area contributed by atoms with Gasteiger partial charge in [0.15, 0.2) is 0 Å². The number of carbonyl (C=O) groups excluding carboxylic acids is 1. The molecule has 0 aliphatic heterocycles. The van der Waals surface area contributed by atoms with Crippen LogP contribution in [0.15, 0.2) is 47.6 Å². The van der Waals surface area contributed by atoms with Gasteiger partial charge in [0.2, 0.25) is 0 Å². The van der Waals surface area contributed by atoms with Gasteiger partial charge in [-0.3, -0.25) is 0 Å². The van der Waals surface area contributed by atoms with Gasteiger partial charge in [0.25, 0.3) is 0 Å². The van der Waals surface area contributed by atoms with Gasteiger partial charge in [-0.2, -0.15) is 0 Å².